The zero-order valence-corrected chi connectivity index (χ0v) is 17.1. The normalized spacial score (nSPS) is 10.9. The largest absolute Gasteiger partial charge is 0.460 e. The van der Waals surface area contributed by atoms with E-state index in [-0.39, 0.29) is 23.5 Å². The maximum absolute atomic E-state index is 12.2. The van der Waals surface area contributed by atoms with Crippen LogP contribution in [-0.4, -0.2) is 38.7 Å². The number of hydrazone groups is 1. The summed E-state index contributed by atoms with van der Waals surface area (Å²) in [6.07, 6.45) is 1.48. The highest BCUT2D eigenvalue weighted by Crippen LogP contribution is 2.19. The van der Waals surface area contributed by atoms with Crippen LogP contribution >= 0.6 is 11.8 Å². The summed E-state index contributed by atoms with van der Waals surface area (Å²) >= 11 is 1.12. The van der Waals surface area contributed by atoms with Gasteiger partial charge in [-0.3, -0.25) is 9.59 Å². The lowest BCUT2D eigenvalue weighted by molar-refractivity contribution is -0.114. The molecule has 2 heterocycles. The van der Waals surface area contributed by atoms with Gasteiger partial charge in [0.05, 0.1) is 12.0 Å². The van der Waals surface area contributed by atoms with Gasteiger partial charge in [0.25, 0.3) is 5.95 Å². The van der Waals surface area contributed by atoms with Crippen molar-refractivity contribution < 1.29 is 14.0 Å². The fraction of sp³-hybridized carbons (Fsp3) is 0.167. The molecule has 11 nitrogen and oxygen atoms in total. The molecule has 0 radical (unpaired) electrons. The number of carbonyl (C=O) groups excluding carboxylic acids is 2. The highest BCUT2D eigenvalue weighted by Gasteiger charge is 2.12. The van der Waals surface area contributed by atoms with Gasteiger partial charge in [-0.1, -0.05) is 17.8 Å². The number of aryl methyl sites for hydroxylation is 1. The number of anilines is 3. The van der Waals surface area contributed by atoms with Gasteiger partial charge >= 0.3 is 0 Å². The van der Waals surface area contributed by atoms with Gasteiger partial charge < -0.3 is 20.9 Å². The first-order valence-corrected chi connectivity index (χ1v) is 9.75. The fourth-order valence-electron chi connectivity index (χ4n) is 2.33. The van der Waals surface area contributed by atoms with E-state index in [1.165, 1.54) is 17.8 Å². The number of nitrogens with one attached hydrogen (secondary N) is 3. The monoisotopic (exact) mass is 428 g/mol. The van der Waals surface area contributed by atoms with Gasteiger partial charge in [-0.15, -0.1) is 10.2 Å². The van der Waals surface area contributed by atoms with Crippen molar-refractivity contribution >= 4 is 47.1 Å². The number of hydrogen-bond donors (Lipinski definition) is 4. The summed E-state index contributed by atoms with van der Waals surface area (Å²) in [7, 11) is 0. The van der Waals surface area contributed by atoms with Gasteiger partial charge in [-0.05, 0) is 37.3 Å². The Morgan fingerprint density at radius 1 is 1.23 bits per heavy atom. The van der Waals surface area contributed by atoms with E-state index in [2.05, 4.69) is 31.4 Å². The van der Waals surface area contributed by atoms with Crippen molar-refractivity contribution in [2.45, 2.75) is 19.0 Å². The van der Waals surface area contributed by atoms with E-state index < -0.39 is 0 Å². The van der Waals surface area contributed by atoms with Gasteiger partial charge in [0.15, 0.2) is 0 Å². The molecule has 156 valence electrons. The Hall–Kier alpha value is -3.80. The molecule has 5 N–H and O–H groups in total. The van der Waals surface area contributed by atoms with Crippen LogP contribution in [0.5, 0.6) is 0 Å². The predicted octanol–water partition coefficient (Wildman–Crippen LogP) is 2.03. The molecule has 0 bridgehead atoms. The molecule has 3 aromatic rings. The molecular weight excluding hydrogens is 408 g/mol. The Kier molecular flexibility index (Phi) is 6.70. The minimum Gasteiger partial charge on any atom is -0.460 e. The summed E-state index contributed by atoms with van der Waals surface area (Å²) in [4.78, 5) is 23.3. The SMILES string of the molecule is CC(=O)Nc1cccc(NC(=O)CSc2nnc(N/N=C/c3ccc(C)o3)n2N)c1. The number of nitrogens with two attached hydrogens (primary N) is 1. The van der Waals surface area contributed by atoms with Crippen molar-refractivity contribution in [1.82, 2.24) is 14.9 Å². The first kappa shape index (κ1) is 20.9. The summed E-state index contributed by atoms with van der Waals surface area (Å²) in [5.41, 5.74) is 3.82. The van der Waals surface area contributed by atoms with E-state index in [4.69, 9.17) is 10.3 Å². The first-order valence-electron chi connectivity index (χ1n) is 8.77. The van der Waals surface area contributed by atoms with Crippen molar-refractivity contribution in [2.75, 3.05) is 27.7 Å². The molecule has 0 aliphatic rings. The molecule has 0 atom stereocenters. The molecule has 3 rings (SSSR count). The van der Waals surface area contributed by atoms with E-state index in [9.17, 15) is 9.59 Å². The Bertz CT molecular complexity index is 1080. The number of carbonyl (C=O) groups is 2. The van der Waals surface area contributed by atoms with E-state index >= 15 is 0 Å². The molecule has 12 heteroatoms. The highest BCUT2D eigenvalue weighted by atomic mass is 32.2. The van der Waals surface area contributed by atoms with Crippen molar-refractivity contribution in [2.24, 2.45) is 5.10 Å². The van der Waals surface area contributed by atoms with Gasteiger partial charge in [-0.25, -0.2) is 10.1 Å². The highest BCUT2D eigenvalue weighted by molar-refractivity contribution is 7.99. The second-order valence-corrected chi connectivity index (χ2v) is 7.04. The fourth-order valence-corrected chi connectivity index (χ4v) is 2.99. The second-order valence-electron chi connectivity index (χ2n) is 6.09. The summed E-state index contributed by atoms with van der Waals surface area (Å²) in [6, 6.07) is 10.4. The summed E-state index contributed by atoms with van der Waals surface area (Å²) in [5, 5.41) is 17.6. The van der Waals surface area contributed by atoms with Crippen molar-refractivity contribution in [3.05, 3.63) is 47.9 Å². The minimum absolute atomic E-state index is 0.0641. The van der Waals surface area contributed by atoms with E-state index in [1.807, 2.05) is 13.0 Å². The molecule has 0 unspecified atom stereocenters. The van der Waals surface area contributed by atoms with Crippen LogP contribution in [0.3, 0.4) is 0 Å². The molecule has 0 saturated carbocycles. The molecule has 0 aliphatic carbocycles. The lowest BCUT2D eigenvalue weighted by atomic mass is 10.2. The second kappa shape index (κ2) is 9.60. The minimum atomic E-state index is -0.260. The number of hydrogen-bond acceptors (Lipinski definition) is 9. The van der Waals surface area contributed by atoms with Gasteiger partial charge in [0.2, 0.25) is 17.0 Å². The van der Waals surface area contributed by atoms with E-state index in [0.29, 0.717) is 22.3 Å². The predicted molar refractivity (Wildman–Crippen MR) is 115 cm³/mol. The summed E-state index contributed by atoms with van der Waals surface area (Å²) < 4.78 is 6.56. The number of nitrogens with zero attached hydrogens (tertiary/aromatic N) is 4. The van der Waals surface area contributed by atoms with Crippen molar-refractivity contribution in [1.29, 1.82) is 0 Å². The van der Waals surface area contributed by atoms with Crippen molar-refractivity contribution in [3.63, 3.8) is 0 Å². The maximum atomic E-state index is 12.2. The van der Waals surface area contributed by atoms with Crippen molar-refractivity contribution in [3.8, 4) is 0 Å². The average molecular weight is 428 g/mol. The number of furan rings is 1. The number of thioether (sulfide) groups is 1. The standard InChI is InChI=1S/C18H20N8O3S/c1-11-6-7-15(29-11)9-20-23-17-24-25-18(26(17)19)30-10-16(28)22-14-5-3-4-13(8-14)21-12(2)27/h3-9H,10,19H2,1-2H3,(H,21,27)(H,22,28)(H,23,24)/b20-9+. The smallest absolute Gasteiger partial charge is 0.264 e. The Morgan fingerprint density at radius 2 is 2.00 bits per heavy atom. The van der Waals surface area contributed by atoms with Crippen LogP contribution in [0.25, 0.3) is 0 Å². The van der Waals surface area contributed by atoms with Crippen LogP contribution in [0.4, 0.5) is 17.3 Å². The quantitative estimate of drug-likeness (QED) is 0.184. The van der Waals surface area contributed by atoms with Gasteiger partial charge in [-0.2, -0.15) is 5.10 Å². The topological polar surface area (TPSA) is 152 Å². The molecular formula is C18H20N8O3S. The molecule has 30 heavy (non-hydrogen) atoms. The zero-order valence-electron chi connectivity index (χ0n) is 16.2. The Balaban J connectivity index is 1.51. The van der Waals surface area contributed by atoms with Crippen LogP contribution in [0.15, 0.2) is 51.1 Å². The third kappa shape index (κ3) is 5.85. The molecule has 0 spiro atoms. The van der Waals surface area contributed by atoms with E-state index in [0.717, 1.165) is 17.5 Å². The molecule has 0 fully saturated rings. The molecule has 0 saturated heterocycles. The number of benzene rings is 1. The maximum Gasteiger partial charge on any atom is 0.264 e. The lowest BCUT2D eigenvalue weighted by Crippen LogP contribution is -2.17. The van der Waals surface area contributed by atoms with E-state index in [1.54, 1.807) is 30.3 Å². The lowest BCUT2D eigenvalue weighted by Gasteiger charge is -2.07. The van der Waals surface area contributed by atoms with Crippen LogP contribution in [0.2, 0.25) is 0 Å². The van der Waals surface area contributed by atoms with Gasteiger partial charge in [0.1, 0.15) is 11.5 Å². The van der Waals surface area contributed by atoms with Crippen LogP contribution in [-0.2, 0) is 9.59 Å². The first-order chi connectivity index (χ1) is 14.4. The zero-order chi connectivity index (χ0) is 21.5. The summed E-state index contributed by atoms with van der Waals surface area (Å²) in [5.74, 6) is 7.11. The summed E-state index contributed by atoms with van der Waals surface area (Å²) in [6.45, 7) is 3.25. The molecule has 1 aromatic carbocycles. The molecule has 0 aliphatic heterocycles. The number of amides is 2. The van der Waals surface area contributed by atoms with Crippen LogP contribution in [0.1, 0.15) is 18.4 Å². The average Bonchev–Trinajstić information content (AvgIpc) is 3.26. The third-order valence-electron chi connectivity index (χ3n) is 3.58. The Labute approximate surface area is 176 Å². The molecule has 2 amide bonds. The Morgan fingerprint density at radius 3 is 2.70 bits per heavy atom. The molecule has 2 aromatic heterocycles. The van der Waals surface area contributed by atoms with Crippen LogP contribution < -0.4 is 21.9 Å². The third-order valence-corrected chi connectivity index (χ3v) is 4.52. The van der Waals surface area contributed by atoms with Gasteiger partial charge in [0, 0.05) is 18.3 Å². The number of aromatic nitrogens is 3. The number of rotatable bonds is 8. The number of nitrogen functional groups attached to an aromatic ring is 1. The van der Waals surface area contributed by atoms with Crippen LogP contribution in [0, 0.1) is 6.92 Å².